The van der Waals surface area contributed by atoms with Gasteiger partial charge in [0.05, 0.1) is 11.5 Å². The minimum atomic E-state index is -4.33. The zero-order valence-corrected chi connectivity index (χ0v) is 11.7. The predicted octanol–water partition coefficient (Wildman–Crippen LogP) is 3.47. The third-order valence-corrected chi connectivity index (χ3v) is 4.18. The lowest BCUT2D eigenvalue weighted by Gasteiger charge is -2.32. The van der Waals surface area contributed by atoms with Gasteiger partial charge in [-0.05, 0) is 43.0 Å². The third-order valence-electron chi connectivity index (χ3n) is 4.18. The van der Waals surface area contributed by atoms with Gasteiger partial charge in [-0.3, -0.25) is 4.79 Å². The zero-order chi connectivity index (χ0) is 15.6. The quantitative estimate of drug-likeness (QED) is 0.899. The highest BCUT2D eigenvalue weighted by Gasteiger charge is 2.32. The number of carboxylic acids is 1. The Balaban J connectivity index is 2.09. The molecule has 1 aromatic carbocycles. The highest BCUT2D eigenvalue weighted by Crippen LogP contribution is 2.34. The Labute approximate surface area is 121 Å². The Morgan fingerprint density at radius 2 is 1.95 bits per heavy atom. The van der Waals surface area contributed by atoms with Crippen molar-refractivity contribution in [1.29, 1.82) is 0 Å². The van der Waals surface area contributed by atoms with Crippen molar-refractivity contribution in [2.24, 2.45) is 11.8 Å². The van der Waals surface area contributed by atoms with Gasteiger partial charge in [0.1, 0.15) is 0 Å². The van der Waals surface area contributed by atoms with E-state index in [0.29, 0.717) is 13.0 Å². The monoisotopic (exact) mass is 301 g/mol. The standard InChI is InChI=1S/C15H18F3NO2/c1-9(14(20)21)11-6-7-19-13(8-11)10-2-4-12(5-3-10)15(16,17)18/h2-5,9,11,13,19H,6-8H2,1H3,(H,20,21)/t9?,11-,13-/m1/s1. The molecule has 21 heavy (non-hydrogen) atoms. The van der Waals surface area contributed by atoms with Crippen molar-refractivity contribution in [1.82, 2.24) is 5.32 Å². The van der Waals surface area contributed by atoms with Crippen molar-refractivity contribution >= 4 is 5.97 Å². The molecule has 0 saturated carbocycles. The van der Waals surface area contributed by atoms with Crippen molar-refractivity contribution in [2.45, 2.75) is 32.0 Å². The minimum Gasteiger partial charge on any atom is -0.481 e. The van der Waals surface area contributed by atoms with Crippen LogP contribution < -0.4 is 5.32 Å². The summed E-state index contributed by atoms with van der Waals surface area (Å²) in [4.78, 5) is 11.1. The summed E-state index contributed by atoms with van der Waals surface area (Å²) in [5.41, 5.74) is 0.0998. The van der Waals surface area contributed by atoms with Gasteiger partial charge in [0, 0.05) is 6.04 Å². The van der Waals surface area contributed by atoms with E-state index in [4.69, 9.17) is 5.11 Å². The summed E-state index contributed by atoms with van der Waals surface area (Å²) in [6.07, 6.45) is -2.94. The first kappa shape index (κ1) is 15.8. The molecule has 6 heteroatoms. The molecule has 1 aliphatic rings. The van der Waals surface area contributed by atoms with Crippen LogP contribution in [0, 0.1) is 11.8 Å². The Hall–Kier alpha value is -1.56. The number of hydrogen-bond acceptors (Lipinski definition) is 2. The molecule has 1 fully saturated rings. The van der Waals surface area contributed by atoms with E-state index in [1.54, 1.807) is 6.92 Å². The molecule has 0 aromatic heterocycles. The normalized spacial score (nSPS) is 24.6. The number of rotatable bonds is 3. The summed E-state index contributed by atoms with van der Waals surface area (Å²) in [7, 11) is 0. The largest absolute Gasteiger partial charge is 0.481 e. The van der Waals surface area contributed by atoms with Gasteiger partial charge in [0.25, 0.3) is 0 Å². The first-order valence-corrected chi connectivity index (χ1v) is 6.92. The molecule has 1 unspecified atom stereocenters. The molecule has 2 rings (SSSR count). The van der Waals surface area contributed by atoms with Gasteiger partial charge in [-0.15, -0.1) is 0 Å². The van der Waals surface area contributed by atoms with Crippen LogP contribution in [-0.2, 0) is 11.0 Å². The van der Waals surface area contributed by atoms with Crippen LogP contribution in [0.4, 0.5) is 13.2 Å². The van der Waals surface area contributed by atoms with Crippen molar-refractivity contribution in [3.8, 4) is 0 Å². The van der Waals surface area contributed by atoms with Crippen LogP contribution in [0.2, 0.25) is 0 Å². The van der Waals surface area contributed by atoms with Crippen LogP contribution in [0.15, 0.2) is 24.3 Å². The second-order valence-electron chi connectivity index (χ2n) is 5.54. The molecular formula is C15H18F3NO2. The maximum atomic E-state index is 12.5. The van der Waals surface area contributed by atoms with E-state index in [-0.39, 0.29) is 12.0 Å². The van der Waals surface area contributed by atoms with Crippen LogP contribution in [0.25, 0.3) is 0 Å². The van der Waals surface area contributed by atoms with E-state index in [1.807, 2.05) is 0 Å². The smallest absolute Gasteiger partial charge is 0.416 e. The van der Waals surface area contributed by atoms with Crippen molar-refractivity contribution < 1.29 is 23.1 Å². The Kier molecular flexibility index (Phi) is 4.56. The summed E-state index contributed by atoms with van der Waals surface area (Å²) in [5.74, 6) is -1.23. The van der Waals surface area contributed by atoms with E-state index < -0.39 is 23.6 Å². The fourth-order valence-electron chi connectivity index (χ4n) is 2.76. The molecule has 1 aromatic rings. The summed E-state index contributed by atoms with van der Waals surface area (Å²) in [6, 6.07) is 4.98. The lowest BCUT2D eigenvalue weighted by Crippen LogP contribution is -2.36. The van der Waals surface area contributed by atoms with Gasteiger partial charge in [-0.25, -0.2) is 0 Å². The maximum Gasteiger partial charge on any atom is 0.416 e. The number of nitrogens with one attached hydrogen (secondary N) is 1. The van der Waals surface area contributed by atoms with Crippen LogP contribution in [-0.4, -0.2) is 17.6 Å². The second-order valence-corrected chi connectivity index (χ2v) is 5.54. The zero-order valence-electron chi connectivity index (χ0n) is 11.7. The van der Waals surface area contributed by atoms with Crippen LogP contribution in [0.3, 0.4) is 0 Å². The summed E-state index contributed by atoms with van der Waals surface area (Å²) in [5, 5.41) is 12.3. The summed E-state index contributed by atoms with van der Waals surface area (Å²) >= 11 is 0. The molecule has 1 aliphatic heterocycles. The average Bonchev–Trinajstić information content (AvgIpc) is 2.46. The molecule has 2 N–H and O–H groups in total. The Bertz CT molecular complexity index is 499. The van der Waals surface area contributed by atoms with Gasteiger partial charge in [-0.2, -0.15) is 13.2 Å². The maximum absolute atomic E-state index is 12.5. The highest BCUT2D eigenvalue weighted by atomic mass is 19.4. The van der Waals surface area contributed by atoms with E-state index in [2.05, 4.69) is 5.32 Å². The molecule has 0 aliphatic carbocycles. The number of alkyl halides is 3. The number of carbonyl (C=O) groups is 1. The van der Waals surface area contributed by atoms with Crippen molar-refractivity contribution in [3.05, 3.63) is 35.4 Å². The van der Waals surface area contributed by atoms with Crippen molar-refractivity contribution in [2.75, 3.05) is 6.54 Å². The number of benzene rings is 1. The molecule has 0 radical (unpaired) electrons. The molecule has 1 heterocycles. The molecule has 0 bridgehead atoms. The number of halogens is 3. The van der Waals surface area contributed by atoms with Gasteiger partial charge < -0.3 is 10.4 Å². The fraction of sp³-hybridized carbons (Fsp3) is 0.533. The topological polar surface area (TPSA) is 49.3 Å². The first-order valence-electron chi connectivity index (χ1n) is 6.92. The molecule has 3 nitrogen and oxygen atoms in total. The highest BCUT2D eigenvalue weighted by molar-refractivity contribution is 5.69. The van der Waals surface area contributed by atoms with E-state index in [9.17, 15) is 18.0 Å². The molecule has 116 valence electrons. The molecule has 0 amide bonds. The van der Waals surface area contributed by atoms with Crippen LogP contribution >= 0.6 is 0 Å². The number of carboxylic acid groups (broad SMARTS) is 1. The SMILES string of the molecule is CC(C(=O)O)[C@@H]1CCN[C@@H](c2ccc(C(F)(F)F)cc2)C1. The first-order chi connectivity index (χ1) is 9.79. The van der Waals surface area contributed by atoms with Gasteiger partial charge >= 0.3 is 12.1 Å². The summed E-state index contributed by atoms with van der Waals surface area (Å²) < 4.78 is 37.6. The average molecular weight is 301 g/mol. The van der Waals surface area contributed by atoms with Crippen LogP contribution in [0.1, 0.15) is 36.9 Å². The van der Waals surface area contributed by atoms with Gasteiger partial charge in [0.15, 0.2) is 0 Å². The predicted molar refractivity (Wildman–Crippen MR) is 71.7 cm³/mol. The fourth-order valence-corrected chi connectivity index (χ4v) is 2.76. The third kappa shape index (κ3) is 3.75. The van der Waals surface area contributed by atoms with Crippen LogP contribution in [0.5, 0.6) is 0 Å². The van der Waals surface area contributed by atoms with E-state index in [0.717, 1.165) is 24.1 Å². The number of aliphatic carboxylic acids is 1. The molecule has 3 atom stereocenters. The molecular weight excluding hydrogens is 283 g/mol. The second kappa shape index (κ2) is 6.05. The summed E-state index contributed by atoms with van der Waals surface area (Å²) in [6.45, 7) is 2.36. The van der Waals surface area contributed by atoms with Crippen molar-refractivity contribution in [3.63, 3.8) is 0 Å². The lowest BCUT2D eigenvalue weighted by molar-refractivity contribution is -0.143. The molecule has 1 saturated heterocycles. The Morgan fingerprint density at radius 1 is 1.33 bits per heavy atom. The van der Waals surface area contributed by atoms with E-state index in [1.165, 1.54) is 12.1 Å². The molecule has 0 spiro atoms. The minimum absolute atomic E-state index is 0.0380. The lowest BCUT2D eigenvalue weighted by atomic mass is 9.81. The number of piperidine rings is 1. The van der Waals surface area contributed by atoms with Gasteiger partial charge in [-0.1, -0.05) is 19.1 Å². The van der Waals surface area contributed by atoms with Gasteiger partial charge in [0.2, 0.25) is 0 Å². The van der Waals surface area contributed by atoms with E-state index >= 15 is 0 Å². The number of hydrogen-bond donors (Lipinski definition) is 2. The Morgan fingerprint density at radius 3 is 2.48 bits per heavy atom.